The van der Waals surface area contributed by atoms with Crippen LogP contribution in [0.5, 0.6) is 0 Å². The lowest BCUT2D eigenvalue weighted by Gasteiger charge is -2.18. The standard InChI is InChI=1S/C9H16N2O4/c1-14-5-3-11(2-4-12)9-10-8(6-13)7-15-9/h7,12-13H,2-6H2,1H3. The van der Waals surface area contributed by atoms with Crippen LogP contribution in [0.3, 0.4) is 0 Å². The topological polar surface area (TPSA) is 79.0 Å². The second-order valence-electron chi connectivity index (χ2n) is 2.98. The molecular weight excluding hydrogens is 200 g/mol. The van der Waals surface area contributed by atoms with Crippen LogP contribution in [-0.2, 0) is 11.3 Å². The zero-order valence-electron chi connectivity index (χ0n) is 8.72. The molecule has 0 spiro atoms. The number of oxazole rings is 1. The largest absolute Gasteiger partial charge is 0.432 e. The third kappa shape index (κ3) is 3.50. The molecule has 0 unspecified atom stereocenters. The molecule has 0 atom stereocenters. The third-order valence-electron chi connectivity index (χ3n) is 1.91. The van der Waals surface area contributed by atoms with Crippen LogP contribution in [0.2, 0.25) is 0 Å². The Morgan fingerprint density at radius 3 is 2.80 bits per heavy atom. The van der Waals surface area contributed by atoms with E-state index in [1.54, 1.807) is 12.0 Å². The highest BCUT2D eigenvalue weighted by molar-refractivity contribution is 5.26. The molecule has 1 aromatic rings. The number of aliphatic hydroxyl groups is 2. The molecule has 0 radical (unpaired) electrons. The van der Waals surface area contributed by atoms with Crippen LogP contribution < -0.4 is 4.90 Å². The second-order valence-corrected chi connectivity index (χ2v) is 2.98. The fourth-order valence-electron chi connectivity index (χ4n) is 1.14. The number of hydrogen-bond acceptors (Lipinski definition) is 6. The van der Waals surface area contributed by atoms with E-state index in [2.05, 4.69) is 4.98 Å². The molecule has 0 aliphatic heterocycles. The zero-order chi connectivity index (χ0) is 11.1. The highest BCUT2D eigenvalue weighted by Gasteiger charge is 2.11. The molecular formula is C9H16N2O4. The fourth-order valence-corrected chi connectivity index (χ4v) is 1.14. The summed E-state index contributed by atoms with van der Waals surface area (Å²) >= 11 is 0. The van der Waals surface area contributed by atoms with E-state index in [1.165, 1.54) is 6.26 Å². The van der Waals surface area contributed by atoms with Gasteiger partial charge in [0.25, 0.3) is 6.01 Å². The predicted molar refractivity (Wildman–Crippen MR) is 53.6 cm³/mol. The smallest absolute Gasteiger partial charge is 0.297 e. The number of methoxy groups -OCH3 is 1. The average Bonchev–Trinajstić information content (AvgIpc) is 2.72. The first-order chi connectivity index (χ1) is 7.31. The maximum atomic E-state index is 8.86. The molecule has 1 heterocycles. The summed E-state index contributed by atoms with van der Waals surface area (Å²) in [5.41, 5.74) is 0.477. The normalized spacial score (nSPS) is 10.6. The third-order valence-corrected chi connectivity index (χ3v) is 1.91. The first-order valence-electron chi connectivity index (χ1n) is 4.71. The number of nitrogens with zero attached hydrogens (tertiary/aromatic N) is 2. The Morgan fingerprint density at radius 2 is 2.27 bits per heavy atom. The molecule has 6 nitrogen and oxygen atoms in total. The van der Waals surface area contributed by atoms with Crippen molar-refractivity contribution >= 4 is 6.01 Å². The van der Waals surface area contributed by atoms with E-state index in [4.69, 9.17) is 19.4 Å². The van der Waals surface area contributed by atoms with Crippen LogP contribution in [0.15, 0.2) is 10.7 Å². The van der Waals surface area contributed by atoms with Crippen LogP contribution in [0.25, 0.3) is 0 Å². The molecule has 0 aliphatic rings. The summed E-state index contributed by atoms with van der Waals surface area (Å²) in [5.74, 6) is 0. The number of aliphatic hydroxyl groups excluding tert-OH is 2. The van der Waals surface area contributed by atoms with Crippen molar-refractivity contribution in [3.63, 3.8) is 0 Å². The highest BCUT2D eigenvalue weighted by Crippen LogP contribution is 2.12. The van der Waals surface area contributed by atoms with E-state index in [1.807, 2.05) is 0 Å². The van der Waals surface area contributed by atoms with Gasteiger partial charge in [-0.2, -0.15) is 4.98 Å². The van der Waals surface area contributed by atoms with E-state index >= 15 is 0 Å². The van der Waals surface area contributed by atoms with Gasteiger partial charge in [-0.3, -0.25) is 0 Å². The Labute approximate surface area is 88.1 Å². The number of ether oxygens (including phenoxy) is 1. The lowest BCUT2D eigenvalue weighted by atomic mass is 10.5. The summed E-state index contributed by atoms with van der Waals surface area (Å²) in [7, 11) is 1.60. The summed E-state index contributed by atoms with van der Waals surface area (Å²) in [6.45, 7) is 1.40. The second kappa shape index (κ2) is 6.39. The Morgan fingerprint density at radius 1 is 1.47 bits per heavy atom. The molecule has 86 valence electrons. The lowest BCUT2D eigenvalue weighted by molar-refractivity contribution is 0.201. The van der Waals surface area contributed by atoms with Crippen molar-refractivity contribution < 1.29 is 19.4 Å². The van der Waals surface area contributed by atoms with Gasteiger partial charge in [-0.15, -0.1) is 0 Å². The molecule has 1 aromatic heterocycles. The van der Waals surface area contributed by atoms with Gasteiger partial charge in [0.15, 0.2) is 0 Å². The summed E-state index contributed by atoms with van der Waals surface area (Å²) in [5, 5.41) is 17.7. The monoisotopic (exact) mass is 216 g/mol. The maximum Gasteiger partial charge on any atom is 0.297 e. The summed E-state index contributed by atoms with van der Waals surface area (Å²) < 4.78 is 10.1. The molecule has 0 aromatic carbocycles. The van der Waals surface area contributed by atoms with Gasteiger partial charge in [0.1, 0.15) is 12.0 Å². The molecule has 1 rings (SSSR count). The van der Waals surface area contributed by atoms with E-state index in [-0.39, 0.29) is 13.2 Å². The summed E-state index contributed by atoms with van der Waals surface area (Å²) in [6.07, 6.45) is 1.40. The van der Waals surface area contributed by atoms with Gasteiger partial charge < -0.3 is 24.3 Å². The van der Waals surface area contributed by atoms with Crippen molar-refractivity contribution in [2.75, 3.05) is 38.3 Å². The minimum absolute atomic E-state index is 0.0144. The van der Waals surface area contributed by atoms with Gasteiger partial charge in [0.05, 0.1) is 19.8 Å². The molecule has 15 heavy (non-hydrogen) atoms. The Hall–Kier alpha value is -1.11. The van der Waals surface area contributed by atoms with Crippen LogP contribution >= 0.6 is 0 Å². The molecule has 0 aliphatic carbocycles. The first kappa shape index (κ1) is 12.0. The van der Waals surface area contributed by atoms with E-state index in [0.29, 0.717) is 31.4 Å². The number of anilines is 1. The molecule has 0 amide bonds. The Kier molecular flexibility index (Phi) is 5.09. The number of rotatable bonds is 7. The van der Waals surface area contributed by atoms with Gasteiger partial charge in [-0.05, 0) is 0 Å². The predicted octanol–water partition coefficient (Wildman–Crippen LogP) is -0.388. The van der Waals surface area contributed by atoms with Crippen LogP contribution in [0, 0.1) is 0 Å². The highest BCUT2D eigenvalue weighted by atomic mass is 16.5. The van der Waals surface area contributed by atoms with Gasteiger partial charge >= 0.3 is 0 Å². The van der Waals surface area contributed by atoms with E-state index in [9.17, 15) is 0 Å². The number of aromatic nitrogens is 1. The van der Waals surface area contributed by atoms with Gasteiger partial charge in [-0.25, -0.2) is 0 Å². The maximum absolute atomic E-state index is 8.86. The molecule has 0 bridgehead atoms. The molecule has 6 heteroatoms. The SMILES string of the molecule is COCCN(CCO)c1nc(CO)co1. The van der Waals surface area contributed by atoms with Crippen molar-refractivity contribution in [1.29, 1.82) is 0 Å². The van der Waals surface area contributed by atoms with Crippen molar-refractivity contribution in [2.45, 2.75) is 6.61 Å². The summed E-state index contributed by atoms with van der Waals surface area (Å²) in [6, 6.07) is 0.394. The Bertz CT molecular complexity index is 277. The van der Waals surface area contributed by atoms with Crippen LogP contribution in [-0.4, -0.2) is 48.6 Å². The van der Waals surface area contributed by atoms with Gasteiger partial charge in [-0.1, -0.05) is 0 Å². The Balaban J connectivity index is 2.60. The molecule has 2 N–H and O–H groups in total. The van der Waals surface area contributed by atoms with Gasteiger partial charge in [0, 0.05) is 20.2 Å². The average molecular weight is 216 g/mol. The minimum Gasteiger partial charge on any atom is -0.432 e. The van der Waals surface area contributed by atoms with Crippen molar-refractivity contribution in [3.8, 4) is 0 Å². The molecule has 0 saturated carbocycles. The van der Waals surface area contributed by atoms with Crippen LogP contribution in [0.1, 0.15) is 5.69 Å². The summed E-state index contributed by atoms with van der Waals surface area (Å²) in [4.78, 5) is 5.80. The van der Waals surface area contributed by atoms with E-state index < -0.39 is 0 Å². The lowest BCUT2D eigenvalue weighted by Crippen LogP contribution is -2.30. The number of hydrogen-bond donors (Lipinski definition) is 2. The zero-order valence-corrected chi connectivity index (χ0v) is 8.72. The van der Waals surface area contributed by atoms with Crippen LogP contribution in [0.4, 0.5) is 6.01 Å². The fraction of sp³-hybridized carbons (Fsp3) is 0.667. The molecule has 0 fully saturated rings. The minimum atomic E-state index is -0.152. The van der Waals surface area contributed by atoms with Crippen molar-refractivity contribution in [2.24, 2.45) is 0 Å². The van der Waals surface area contributed by atoms with E-state index in [0.717, 1.165) is 0 Å². The quantitative estimate of drug-likeness (QED) is 0.646. The van der Waals surface area contributed by atoms with Crippen molar-refractivity contribution in [3.05, 3.63) is 12.0 Å². The molecule has 0 saturated heterocycles. The van der Waals surface area contributed by atoms with Crippen molar-refractivity contribution in [1.82, 2.24) is 4.98 Å². The first-order valence-corrected chi connectivity index (χ1v) is 4.71. The van der Waals surface area contributed by atoms with Gasteiger partial charge in [0.2, 0.25) is 0 Å².